The van der Waals surface area contributed by atoms with E-state index in [9.17, 15) is 14.0 Å². The number of aryl methyl sites for hydroxylation is 1. The zero-order valence-corrected chi connectivity index (χ0v) is 14.1. The van der Waals surface area contributed by atoms with E-state index in [-0.39, 0.29) is 16.2 Å². The quantitative estimate of drug-likeness (QED) is 0.740. The Hall–Kier alpha value is -3.00. The molecule has 6 nitrogen and oxygen atoms in total. The van der Waals surface area contributed by atoms with Crippen molar-refractivity contribution in [2.75, 3.05) is 12.4 Å². The lowest BCUT2D eigenvalue weighted by Crippen LogP contribution is -2.13. The molecular formula is C17H13FN2O4S. The number of halogens is 1. The number of carboxylic acids is 1. The number of carbonyl (C=O) groups is 2. The van der Waals surface area contributed by atoms with E-state index in [0.29, 0.717) is 16.0 Å². The molecule has 0 spiro atoms. The number of methoxy groups -OCH3 is 1. The van der Waals surface area contributed by atoms with Crippen LogP contribution in [0.15, 0.2) is 30.3 Å². The van der Waals surface area contributed by atoms with E-state index >= 15 is 0 Å². The second-order valence-electron chi connectivity index (χ2n) is 5.29. The van der Waals surface area contributed by atoms with Gasteiger partial charge in [-0.25, -0.2) is 14.2 Å². The second kappa shape index (κ2) is 6.48. The third-order valence-electron chi connectivity index (χ3n) is 3.52. The average molecular weight is 360 g/mol. The third kappa shape index (κ3) is 3.29. The van der Waals surface area contributed by atoms with Crippen molar-refractivity contribution in [2.24, 2.45) is 0 Å². The fourth-order valence-electron chi connectivity index (χ4n) is 2.32. The highest BCUT2D eigenvalue weighted by molar-refractivity contribution is 7.22. The van der Waals surface area contributed by atoms with Gasteiger partial charge in [-0.3, -0.25) is 10.1 Å². The van der Waals surface area contributed by atoms with E-state index in [1.54, 1.807) is 18.2 Å². The van der Waals surface area contributed by atoms with E-state index in [1.807, 2.05) is 6.92 Å². The molecule has 1 aromatic heterocycles. The predicted octanol–water partition coefficient (Wildman–Crippen LogP) is 3.70. The summed E-state index contributed by atoms with van der Waals surface area (Å²) in [6.07, 6.45) is 0. The summed E-state index contributed by atoms with van der Waals surface area (Å²) in [6, 6.07) is 7.35. The van der Waals surface area contributed by atoms with E-state index in [0.717, 1.165) is 23.0 Å². The van der Waals surface area contributed by atoms with E-state index < -0.39 is 17.7 Å². The molecule has 3 aromatic rings. The number of fused-ring (bicyclic) bond motifs is 1. The molecule has 0 unspecified atom stereocenters. The summed E-state index contributed by atoms with van der Waals surface area (Å²) in [4.78, 5) is 27.5. The predicted molar refractivity (Wildman–Crippen MR) is 92.2 cm³/mol. The summed E-state index contributed by atoms with van der Waals surface area (Å²) in [5.74, 6) is -2.02. The fourth-order valence-corrected chi connectivity index (χ4v) is 3.23. The largest absolute Gasteiger partial charge is 0.496 e. The summed E-state index contributed by atoms with van der Waals surface area (Å²) >= 11 is 0.995. The van der Waals surface area contributed by atoms with Gasteiger partial charge in [0, 0.05) is 0 Å². The molecule has 1 heterocycles. The van der Waals surface area contributed by atoms with Crippen molar-refractivity contribution in [1.29, 1.82) is 0 Å². The number of aromatic nitrogens is 1. The molecular weight excluding hydrogens is 347 g/mol. The van der Waals surface area contributed by atoms with Crippen LogP contribution in [0.3, 0.4) is 0 Å². The Kier molecular flexibility index (Phi) is 4.37. The smallest absolute Gasteiger partial charge is 0.335 e. The number of carboxylic acid groups (broad SMARTS) is 1. The Morgan fingerprint density at radius 2 is 2.04 bits per heavy atom. The normalized spacial score (nSPS) is 10.7. The van der Waals surface area contributed by atoms with Crippen LogP contribution < -0.4 is 10.1 Å². The first-order chi connectivity index (χ1) is 11.9. The molecule has 8 heteroatoms. The zero-order chi connectivity index (χ0) is 18.1. The van der Waals surface area contributed by atoms with Crippen molar-refractivity contribution in [2.45, 2.75) is 6.92 Å². The van der Waals surface area contributed by atoms with Gasteiger partial charge in [-0.15, -0.1) is 0 Å². The number of aromatic carboxylic acids is 1. The van der Waals surface area contributed by atoms with Gasteiger partial charge in [-0.05, 0) is 36.8 Å². The Morgan fingerprint density at radius 3 is 2.72 bits per heavy atom. The van der Waals surface area contributed by atoms with Crippen LogP contribution in [0.1, 0.15) is 26.3 Å². The number of ether oxygens (including phenoxy) is 1. The minimum absolute atomic E-state index is 0.0150. The van der Waals surface area contributed by atoms with Crippen LogP contribution >= 0.6 is 11.3 Å². The molecule has 0 aliphatic rings. The summed E-state index contributed by atoms with van der Waals surface area (Å²) in [5.41, 5.74) is 1.10. The second-order valence-corrected chi connectivity index (χ2v) is 6.32. The van der Waals surface area contributed by atoms with Gasteiger partial charge in [-0.2, -0.15) is 0 Å². The van der Waals surface area contributed by atoms with E-state index in [4.69, 9.17) is 9.84 Å². The number of amides is 1. The van der Waals surface area contributed by atoms with Crippen LogP contribution in [0, 0.1) is 12.7 Å². The highest BCUT2D eigenvalue weighted by Crippen LogP contribution is 2.30. The van der Waals surface area contributed by atoms with Gasteiger partial charge in [0.1, 0.15) is 11.3 Å². The van der Waals surface area contributed by atoms with Crippen LogP contribution in [-0.2, 0) is 0 Å². The standard InChI is InChI=1S/C17H13FN2O4S/c1-8-3-4-10(12(5-8)24-2)15(21)20-17-19-14-11(18)6-9(16(22)23)7-13(14)25-17/h3-7H,1-2H3,(H,22,23)(H,19,20,21). The number of nitrogens with one attached hydrogen (secondary N) is 1. The summed E-state index contributed by atoms with van der Waals surface area (Å²) < 4.78 is 19.5. The first kappa shape index (κ1) is 16.8. The van der Waals surface area contributed by atoms with E-state index in [1.165, 1.54) is 13.2 Å². The molecule has 0 saturated carbocycles. The first-order valence-corrected chi connectivity index (χ1v) is 8.00. The van der Waals surface area contributed by atoms with Gasteiger partial charge in [0.05, 0.1) is 22.9 Å². The Balaban J connectivity index is 1.94. The van der Waals surface area contributed by atoms with Crippen molar-refractivity contribution in [1.82, 2.24) is 4.98 Å². The monoisotopic (exact) mass is 360 g/mol. The molecule has 1 amide bonds. The number of carbonyl (C=O) groups excluding carboxylic acids is 1. The van der Waals surface area contributed by atoms with Gasteiger partial charge in [-0.1, -0.05) is 17.4 Å². The van der Waals surface area contributed by atoms with Gasteiger partial charge in [0.25, 0.3) is 5.91 Å². The molecule has 0 bridgehead atoms. The molecule has 0 saturated heterocycles. The van der Waals surface area contributed by atoms with Crippen LogP contribution in [0.2, 0.25) is 0 Å². The molecule has 25 heavy (non-hydrogen) atoms. The van der Waals surface area contributed by atoms with E-state index in [2.05, 4.69) is 10.3 Å². The lowest BCUT2D eigenvalue weighted by Gasteiger charge is -2.08. The average Bonchev–Trinajstić information content (AvgIpc) is 2.97. The Bertz CT molecular complexity index is 1000. The van der Waals surface area contributed by atoms with Crippen molar-refractivity contribution in [3.8, 4) is 5.75 Å². The maximum Gasteiger partial charge on any atom is 0.335 e. The van der Waals surface area contributed by atoms with Gasteiger partial charge in [0.2, 0.25) is 0 Å². The van der Waals surface area contributed by atoms with Crippen molar-refractivity contribution in [3.63, 3.8) is 0 Å². The Morgan fingerprint density at radius 1 is 1.28 bits per heavy atom. The number of nitrogens with zero attached hydrogens (tertiary/aromatic N) is 1. The van der Waals surface area contributed by atoms with Gasteiger partial charge >= 0.3 is 5.97 Å². The minimum Gasteiger partial charge on any atom is -0.496 e. The van der Waals surface area contributed by atoms with Crippen LogP contribution in [-0.4, -0.2) is 29.1 Å². The Labute approximate surface area is 145 Å². The third-order valence-corrected chi connectivity index (χ3v) is 4.44. The molecule has 128 valence electrons. The van der Waals surface area contributed by atoms with Crippen molar-refractivity contribution >= 4 is 38.6 Å². The number of anilines is 1. The number of rotatable bonds is 4. The lowest BCUT2D eigenvalue weighted by molar-refractivity contribution is 0.0696. The highest BCUT2D eigenvalue weighted by Gasteiger charge is 2.17. The van der Waals surface area contributed by atoms with Crippen LogP contribution in [0.4, 0.5) is 9.52 Å². The first-order valence-electron chi connectivity index (χ1n) is 7.18. The van der Waals surface area contributed by atoms with Gasteiger partial charge in [0.15, 0.2) is 10.9 Å². The minimum atomic E-state index is -1.23. The van der Waals surface area contributed by atoms with Gasteiger partial charge < -0.3 is 9.84 Å². The summed E-state index contributed by atoms with van der Waals surface area (Å²) in [5, 5.41) is 11.7. The molecule has 2 aromatic carbocycles. The van der Waals surface area contributed by atoms with Crippen LogP contribution in [0.25, 0.3) is 10.2 Å². The number of thiazole rings is 1. The maximum absolute atomic E-state index is 14.0. The fraction of sp³-hybridized carbons (Fsp3) is 0.118. The molecule has 0 aliphatic carbocycles. The van der Waals surface area contributed by atoms with Crippen LogP contribution in [0.5, 0.6) is 5.75 Å². The molecule has 0 radical (unpaired) electrons. The highest BCUT2D eigenvalue weighted by atomic mass is 32.1. The lowest BCUT2D eigenvalue weighted by atomic mass is 10.1. The molecule has 0 aliphatic heterocycles. The van der Waals surface area contributed by atoms with Crippen molar-refractivity contribution in [3.05, 3.63) is 52.8 Å². The topological polar surface area (TPSA) is 88.5 Å². The van der Waals surface area contributed by atoms with Crippen molar-refractivity contribution < 1.29 is 23.8 Å². The number of benzene rings is 2. The number of hydrogen-bond acceptors (Lipinski definition) is 5. The molecule has 0 atom stereocenters. The number of hydrogen-bond donors (Lipinski definition) is 2. The molecule has 2 N–H and O–H groups in total. The summed E-state index contributed by atoms with van der Waals surface area (Å²) in [7, 11) is 1.46. The maximum atomic E-state index is 14.0. The summed E-state index contributed by atoms with van der Waals surface area (Å²) in [6.45, 7) is 1.88. The molecule has 0 fully saturated rings. The SMILES string of the molecule is COc1cc(C)ccc1C(=O)Nc1nc2c(F)cc(C(=O)O)cc2s1. The molecule has 3 rings (SSSR count). The zero-order valence-electron chi connectivity index (χ0n) is 13.3.